The molecule has 0 aromatic carbocycles. The Morgan fingerprint density at radius 1 is 1.22 bits per heavy atom. The van der Waals surface area contributed by atoms with Gasteiger partial charge in [-0.3, -0.25) is 4.79 Å². The van der Waals surface area contributed by atoms with Gasteiger partial charge in [0.25, 0.3) is 5.91 Å². The molecule has 0 N–H and O–H groups in total. The van der Waals surface area contributed by atoms with Gasteiger partial charge in [0.15, 0.2) is 5.22 Å². The van der Waals surface area contributed by atoms with Crippen LogP contribution in [0.4, 0.5) is 0 Å². The minimum atomic E-state index is -0.269. The van der Waals surface area contributed by atoms with Crippen LogP contribution in [0.15, 0.2) is 56.7 Å². The van der Waals surface area contributed by atoms with Crippen LogP contribution in [0.3, 0.4) is 0 Å². The van der Waals surface area contributed by atoms with Crippen molar-refractivity contribution in [2.75, 3.05) is 0 Å². The molecule has 0 aliphatic carbocycles. The van der Waals surface area contributed by atoms with E-state index in [-0.39, 0.29) is 11.9 Å². The predicted octanol–water partition coefficient (Wildman–Crippen LogP) is 5.05. The first kappa shape index (κ1) is 14.7. The van der Waals surface area contributed by atoms with Gasteiger partial charge in [-0.05, 0) is 46.6 Å². The Balaban J connectivity index is 1.72. The minimum absolute atomic E-state index is 0.121. The summed E-state index contributed by atoms with van der Waals surface area (Å²) in [5.41, 5.74) is 0.891. The van der Waals surface area contributed by atoms with Gasteiger partial charge < -0.3 is 4.42 Å². The zero-order valence-electron chi connectivity index (χ0n) is 11.8. The lowest BCUT2D eigenvalue weighted by molar-refractivity contribution is 0.0698. The van der Waals surface area contributed by atoms with Gasteiger partial charge in [0, 0.05) is 6.42 Å². The SMILES string of the molecule is O=C(c1cccs1)N1N=C(c2cccs2)C[C@@H]1c1ccc(Cl)o1. The zero-order valence-corrected chi connectivity index (χ0v) is 14.2. The van der Waals surface area contributed by atoms with Gasteiger partial charge in [0.2, 0.25) is 0 Å². The number of hydrogen-bond acceptors (Lipinski definition) is 5. The van der Waals surface area contributed by atoms with Crippen LogP contribution >= 0.6 is 34.3 Å². The summed E-state index contributed by atoms with van der Waals surface area (Å²) in [4.78, 5) is 14.5. The van der Waals surface area contributed by atoms with Crippen molar-refractivity contribution in [3.63, 3.8) is 0 Å². The summed E-state index contributed by atoms with van der Waals surface area (Å²) in [7, 11) is 0. The molecule has 1 atom stereocenters. The first-order chi connectivity index (χ1) is 11.2. The maximum absolute atomic E-state index is 12.8. The summed E-state index contributed by atoms with van der Waals surface area (Å²) in [5, 5.41) is 10.3. The maximum atomic E-state index is 12.8. The Morgan fingerprint density at radius 3 is 2.70 bits per heavy atom. The number of thiophene rings is 2. The lowest BCUT2D eigenvalue weighted by atomic mass is 10.1. The van der Waals surface area contributed by atoms with E-state index in [1.165, 1.54) is 16.3 Å². The third kappa shape index (κ3) is 2.73. The number of hydrogen-bond donors (Lipinski definition) is 0. The summed E-state index contributed by atoms with van der Waals surface area (Å²) in [5.74, 6) is 0.527. The Kier molecular flexibility index (Phi) is 3.80. The second kappa shape index (κ2) is 5.96. The van der Waals surface area contributed by atoms with E-state index in [0.717, 1.165) is 10.6 Å². The first-order valence-electron chi connectivity index (χ1n) is 6.96. The second-order valence-corrected chi connectivity index (χ2v) is 7.28. The topological polar surface area (TPSA) is 45.8 Å². The number of nitrogens with zero attached hydrogens (tertiary/aromatic N) is 2. The lowest BCUT2D eigenvalue weighted by Gasteiger charge is -2.19. The fraction of sp³-hybridized carbons (Fsp3) is 0.125. The third-order valence-corrected chi connectivity index (χ3v) is 5.56. The summed E-state index contributed by atoms with van der Waals surface area (Å²) >= 11 is 8.91. The van der Waals surface area contributed by atoms with Crippen LogP contribution in [0.1, 0.15) is 32.8 Å². The molecule has 0 saturated carbocycles. The molecule has 4 rings (SSSR count). The molecular formula is C16H11ClN2O2S2. The molecule has 1 amide bonds. The Morgan fingerprint density at radius 2 is 2.04 bits per heavy atom. The van der Waals surface area contributed by atoms with Crippen LogP contribution in [0.25, 0.3) is 0 Å². The van der Waals surface area contributed by atoms with Crippen molar-refractivity contribution in [1.82, 2.24) is 5.01 Å². The predicted molar refractivity (Wildman–Crippen MR) is 92.4 cm³/mol. The van der Waals surface area contributed by atoms with Crippen molar-refractivity contribution in [1.29, 1.82) is 0 Å². The van der Waals surface area contributed by atoms with Gasteiger partial charge in [-0.25, -0.2) is 5.01 Å². The fourth-order valence-corrected chi connectivity index (χ4v) is 4.06. The van der Waals surface area contributed by atoms with Crippen molar-refractivity contribution in [2.24, 2.45) is 5.10 Å². The summed E-state index contributed by atoms with van der Waals surface area (Å²) < 4.78 is 5.54. The van der Waals surface area contributed by atoms with Gasteiger partial charge in [-0.2, -0.15) is 5.10 Å². The number of carbonyl (C=O) groups excluding carboxylic acids is 1. The quantitative estimate of drug-likeness (QED) is 0.654. The highest BCUT2D eigenvalue weighted by molar-refractivity contribution is 7.12. The molecule has 3 aromatic rings. The summed E-state index contributed by atoms with van der Waals surface area (Å²) in [6.45, 7) is 0. The number of amides is 1. The number of halogens is 1. The average Bonchev–Trinajstić information content (AvgIpc) is 3.31. The monoisotopic (exact) mass is 362 g/mol. The van der Waals surface area contributed by atoms with E-state index in [9.17, 15) is 4.79 Å². The molecule has 23 heavy (non-hydrogen) atoms. The fourth-order valence-electron chi connectivity index (χ4n) is 2.53. The van der Waals surface area contributed by atoms with E-state index < -0.39 is 0 Å². The highest BCUT2D eigenvalue weighted by Crippen LogP contribution is 2.36. The van der Waals surface area contributed by atoms with E-state index in [4.69, 9.17) is 16.0 Å². The second-order valence-electron chi connectivity index (χ2n) is 5.01. The minimum Gasteiger partial charge on any atom is -0.447 e. The molecule has 0 bridgehead atoms. The molecule has 0 spiro atoms. The Hall–Kier alpha value is -1.89. The molecule has 0 fully saturated rings. The van der Waals surface area contributed by atoms with Crippen LogP contribution in [0.2, 0.25) is 5.22 Å². The van der Waals surface area contributed by atoms with Gasteiger partial charge in [-0.15, -0.1) is 22.7 Å². The zero-order chi connectivity index (χ0) is 15.8. The van der Waals surface area contributed by atoms with Gasteiger partial charge in [0.1, 0.15) is 11.8 Å². The smallest absolute Gasteiger partial charge is 0.284 e. The van der Waals surface area contributed by atoms with E-state index >= 15 is 0 Å². The molecule has 7 heteroatoms. The van der Waals surface area contributed by atoms with E-state index in [1.54, 1.807) is 29.5 Å². The van der Waals surface area contributed by atoms with Crippen LogP contribution in [0, 0.1) is 0 Å². The van der Waals surface area contributed by atoms with Crippen LogP contribution in [-0.4, -0.2) is 16.6 Å². The van der Waals surface area contributed by atoms with Crippen LogP contribution < -0.4 is 0 Å². The van der Waals surface area contributed by atoms with Gasteiger partial charge in [0.05, 0.1) is 15.5 Å². The third-order valence-electron chi connectivity index (χ3n) is 3.58. The molecule has 4 nitrogen and oxygen atoms in total. The number of rotatable bonds is 3. The molecule has 0 saturated heterocycles. The summed E-state index contributed by atoms with van der Waals surface area (Å²) in [6, 6.07) is 10.9. The van der Waals surface area contributed by atoms with Crippen LogP contribution in [-0.2, 0) is 0 Å². The normalized spacial score (nSPS) is 17.5. The number of hydrazone groups is 1. The molecular weight excluding hydrogens is 352 g/mol. The lowest BCUT2D eigenvalue weighted by Crippen LogP contribution is -2.26. The molecule has 4 heterocycles. The molecule has 116 valence electrons. The van der Waals surface area contributed by atoms with Gasteiger partial charge >= 0.3 is 0 Å². The molecule has 3 aromatic heterocycles. The Labute approximate surface area is 145 Å². The largest absolute Gasteiger partial charge is 0.447 e. The highest BCUT2D eigenvalue weighted by Gasteiger charge is 2.36. The van der Waals surface area contributed by atoms with Crippen molar-refractivity contribution >= 4 is 45.9 Å². The van der Waals surface area contributed by atoms with Crippen LogP contribution in [0.5, 0.6) is 0 Å². The molecule has 0 unspecified atom stereocenters. The van der Waals surface area contributed by atoms with Gasteiger partial charge in [-0.1, -0.05) is 12.1 Å². The standard InChI is InChI=1S/C16H11ClN2O2S2/c17-15-6-5-12(21-15)11-9-10(13-3-1-7-22-13)18-19(11)16(20)14-4-2-8-23-14/h1-8,11H,9H2/t11-/m1/s1. The summed E-state index contributed by atoms with van der Waals surface area (Å²) in [6.07, 6.45) is 0.613. The molecule has 1 aliphatic heterocycles. The highest BCUT2D eigenvalue weighted by atomic mass is 35.5. The average molecular weight is 363 g/mol. The molecule has 0 radical (unpaired) electrons. The van der Waals surface area contributed by atoms with Crippen molar-refractivity contribution < 1.29 is 9.21 Å². The van der Waals surface area contributed by atoms with E-state index in [2.05, 4.69) is 5.10 Å². The van der Waals surface area contributed by atoms with Crippen molar-refractivity contribution in [3.05, 3.63) is 67.9 Å². The number of carbonyl (C=O) groups is 1. The molecule has 1 aliphatic rings. The number of furan rings is 1. The maximum Gasteiger partial charge on any atom is 0.284 e. The van der Waals surface area contributed by atoms with E-state index in [1.807, 2.05) is 29.0 Å². The van der Waals surface area contributed by atoms with E-state index in [0.29, 0.717) is 22.3 Å². The van der Waals surface area contributed by atoms with Crippen molar-refractivity contribution in [2.45, 2.75) is 12.5 Å². The first-order valence-corrected chi connectivity index (χ1v) is 9.10. The van der Waals surface area contributed by atoms with Crippen molar-refractivity contribution in [3.8, 4) is 0 Å². The Bertz CT molecular complexity index is 853.